The van der Waals surface area contributed by atoms with Gasteiger partial charge in [-0.1, -0.05) is 6.07 Å². The van der Waals surface area contributed by atoms with Gasteiger partial charge < -0.3 is 9.64 Å². The van der Waals surface area contributed by atoms with E-state index in [9.17, 15) is 4.79 Å². The molecule has 0 radical (unpaired) electrons. The number of pyridine rings is 1. The molecule has 1 saturated carbocycles. The van der Waals surface area contributed by atoms with E-state index in [1.54, 1.807) is 6.20 Å². The van der Waals surface area contributed by atoms with Gasteiger partial charge in [0.1, 0.15) is 0 Å². The number of hydrogen-bond donors (Lipinski definition) is 1. The normalized spacial score (nSPS) is 22.9. The number of hydrogen-bond acceptors (Lipinski definition) is 4. The van der Waals surface area contributed by atoms with E-state index in [1.807, 2.05) is 36.9 Å². The minimum atomic E-state index is -0.0528. The summed E-state index contributed by atoms with van der Waals surface area (Å²) in [5.74, 6) is 0.00181. The predicted octanol–water partition coefficient (Wildman–Crippen LogP) is 2.63. The molecule has 1 amide bonds. The van der Waals surface area contributed by atoms with Crippen LogP contribution in [-0.4, -0.2) is 38.1 Å². The van der Waals surface area contributed by atoms with E-state index >= 15 is 0 Å². The van der Waals surface area contributed by atoms with Crippen LogP contribution in [0.25, 0.3) is 0 Å². The van der Waals surface area contributed by atoms with Crippen LogP contribution in [0.3, 0.4) is 0 Å². The van der Waals surface area contributed by atoms with Crippen LogP contribution in [0.5, 0.6) is 0 Å². The Labute approximate surface area is 141 Å². The maximum atomic E-state index is 13.2. The molecule has 0 saturated heterocycles. The maximum absolute atomic E-state index is 13.2. The van der Waals surface area contributed by atoms with E-state index in [4.69, 9.17) is 4.74 Å². The van der Waals surface area contributed by atoms with Gasteiger partial charge in [-0.25, -0.2) is 0 Å². The van der Waals surface area contributed by atoms with Crippen molar-refractivity contribution in [3.8, 4) is 0 Å². The monoisotopic (exact) mass is 326 g/mol. The number of H-pyrrole nitrogens is 1. The van der Waals surface area contributed by atoms with Crippen LogP contribution in [0.4, 0.5) is 0 Å². The first kappa shape index (κ1) is 15.3. The third-order valence-corrected chi connectivity index (χ3v) is 4.74. The topological polar surface area (TPSA) is 71.1 Å². The number of nitrogens with zero attached hydrogens (tertiary/aromatic N) is 3. The molecule has 0 bridgehead atoms. The van der Waals surface area contributed by atoms with Gasteiger partial charge in [0.05, 0.1) is 30.1 Å². The van der Waals surface area contributed by atoms with Crippen molar-refractivity contribution in [1.82, 2.24) is 20.1 Å². The van der Waals surface area contributed by atoms with Crippen molar-refractivity contribution in [2.75, 3.05) is 0 Å². The summed E-state index contributed by atoms with van der Waals surface area (Å²) in [6.45, 7) is 4.56. The van der Waals surface area contributed by atoms with Gasteiger partial charge in [-0.05, 0) is 38.8 Å². The molecule has 3 heterocycles. The van der Waals surface area contributed by atoms with Crippen LogP contribution in [0.1, 0.15) is 60.2 Å². The lowest BCUT2D eigenvalue weighted by molar-refractivity contribution is -0.00702. The Morgan fingerprint density at radius 3 is 2.92 bits per heavy atom. The summed E-state index contributed by atoms with van der Waals surface area (Å²) < 4.78 is 5.82. The lowest BCUT2D eigenvalue weighted by Crippen LogP contribution is -2.34. The van der Waals surface area contributed by atoms with Crippen molar-refractivity contribution < 1.29 is 9.53 Å². The molecule has 1 N–H and O–H groups in total. The van der Waals surface area contributed by atoms with Crippen LogP contribution in [0.2, 0.25) is 0 Å². The molecule has 1 aliphatic heterocycles. The highest BCUT2D eigenvalue weighted by Gasteiger charge is 2.37. The lowest BCUT2D eigenvalue weighted by atomic mass is 9.99. The van der Waals surface area contributed by atoms with Crippen molar-refractivity contribution in [2.24, 2.45) is 0 Å². The highest BCUT2D eigenvalue weighted by Crippen LogP contribution is 2.33. The summed E-state index contributed by atoms with van der Waals surface area (Å²) >= 11 is 0. The minimum Gasteiger partial charge on any atom is -0.369 e. The van der Waals surface area contributed by atoms with Gasteiger partial charge in [0.2, 0.25) is 0 Å². The molecule has 1 fully saturated rings. The van der Waals surface area contributed by atoms with E-state index in [-0.39, 0.29) is 18.1 Å². The van der Waals surface area contributed by atoms with E-state index < -0.39 is 0 Å². The molecular formula is C18H22N4O2. The SMILES string of the molecule is C[C@@H]1Cc2c(C(=O)N(Cc3ccccn3)C3CC3)n[nH]c2[C@H](C)O1. The van der Waals surface area contributed by atoms with Crippen molar-refractivity contribution >= 4 is 5.91 Å². The number of fused-ring (bicyclic) bond motifs is 1. The average molecular weight is 326 g/mol. The van der Waals surface area contributed by atoms with Gasteiger partial charge >= 0.3 is 0 Å². The fraction of sp³-hybridized carbons (Fsp3) is 0.500. The van der Waals surface area contributed by atoms with Gasteiger partial charge in [0.25, 0.3) is 5.91 Å². The zero-order chi connectivity index (χ0) is 16.7. The average Bonchev–Trinajstić information content (AvgIpc) is 3.32. The van der Waals surface area contributed by atoms with Crippen LogP contribution in [-0.2, 0) is 17.7 Å². The number of amides is 1. The maximum Gasteiger partial charge on any atom is 0.275 e. The molecule has 24 heavy (non-hydrogen) atoms. The summed E-state index contributed by atoms with van der Waals surface area (Å²) in [6, 6.07) is 6.11. The smallest absolute Gasteiger partial charge is 0.275 e. The molecule has 2 aliphatic rings. The Balaban J connectivity index is 1.62. The summed E-state index contributed by atoms with van der Waals surface area (Å²) in [7, 11) is 0. The molecule has 1 aliphatic carbocycles. The molecular weight excluding hydrogens is 304 g/mol. The predicted molar refractivity (Wildman–Crippen MR) is 88.4 cm³/mol. The quantitative estimate of drug-likeness (QED) is 0.937. The molecule has 2 atom stereocenters. The third kappa shape index (κ3) is 2.82. The van der Waals surface area contributed by atoms with Crippen LogP contribution in [0, 0.1) is 0 Å². The van der Waals surface area contributed by atoms with Crippen LogP contribution in [0.15, 0.2) is 24.4 Å². The minimum absolute atomic E-state index is 0.00181. The molecule has 2 aromatic rings. The second-order valence-corrected chi connectivity index (χ2v) is 6.74. The molecule has 0 unspecified atom stereocenters. The van der Waals surface area contributed by atoms with Crippen molar-refractivity contribution in [1.29, 1.82) is 0 Å². The van der Waals surface area contributed by atoms with Crippen molar-refractivity contribution in [2.45, 2.75) is 57.9 Å². The second kappa shape index (κ2) is 6.02. The molecule has 4 rings (SSSR count). The molecule has 0 spiro atoms. The first-order valence-electron chi connectivity index (χ1n) is 8.57. The van der Waals surface area contributed by atoms with Gasteiger partial charge in [-0.3, -0.25) is 14.9 Å². The molecule has 6 nitrogen and oxygen atoms in total. The highest BCUT2D eigenvalue weighted by atomic mass is 16.5. The van der Waals surface area contributed by atoms with E-state index in [1.165, 1.54) is 0 Å². The first-order valence-corrected chi connectivity index (χ1v) is 8.57. The van der Waals surface area contributed by atoms with Crippen LogP contribution < -0.4 is 0 Å². The Morgan fingerprint density at radius 1 is 1.38 bits per heavy atom. The number of carbonyl (C=O) groups excluding carboxylic acids is 1. The summed E-state index contributed by atoms with van der Waals surface area (Å²) in [5, 5.41) is 7.36. The number of aromatic nitrogens is 3. The fourth-order valence-electron chi connectivity index (χ4n) is 3.41. The molecule has 126 valence electrons. The Kier molecular flexibility index (Phi) is 3.84. The number of nitrogens with one attached hydrogen (secondary N) is 1. The number of rotatable bonds is 4. The number of ether oxygens (including phenoxy) is 1. The first-order chi connectivity index (χ1) is 11.6. The third-order valence-electron chi connectivity index (χ3n) is 4.74. The molecule has 2 aromatic heterocycles. The molecule has 6 heteroatoms. The van der Waals surface area contributed by atoms with E-state index in [0.29, 0.717) is 18.3 Å². The zero-order valence-corrected chi connectivity index (χ0v) is 14.0. The van der Waals surface area contributed by atoms with Gasteiger partial charge in [-0.2, -0.15) is 5.10 Å². The van der Waals surface area contributed by atoms with Gasteiger partial charge in [-0.15, -0.1) is 0 Å². The van der Waals surface area contributed by atoms with Crippen LogP contribution >= 0.6 is 0 Å². The van der Waals surface area contributed by atoms with Gasteiger partial charge in [0.15, 0.2) is 5.69 Å². The van der Waals surface area contributed by atoms with Crippen molar-refractivity contribution in [3.63, 3.8) is 0 Å². The second-order valence-electron chi connectivity index (χ2n) is 6.74. The van der Waals surface area contributed by atoms with E-state index in [0.717, 1.165) is 36.2 Å². The lowest BCUT2D eigenvalue weighted by Gasteiger charge is -2.26. The summed E-state index contributed by atoms with van der Waals surface area (Å²) in [4.78, 5) is 19.4. The number of carbonyl (C=O) groups is 1. The summed E-state index contributed by atoms with van der Waals surface area (Å²) in [6.07, 6.45) is 4.65. The van der Waals surface area contributed by atoms with Gasteiger partial charge in [0, 0.05) is 24.2 Å². The zero-order valence-electron chi connectivity index (χ0n) is 14.0. The number of aromatic amines is 1. The summed E-state index contributed by atoms with van der Waals surface area (Å²) in [5.41, 5.74) is 3.41. The Morgan fingerprint density at radius 2 is 2.21 bits per heavy atom. The fourth-order valence-corrected chi connectivity index (χ4v) is 3.41. The van der Waals surface area contributed by atoms with Crippen molar-refractivity contribution in [3.05, 3.63) is 47.0 Å². The molecule has 0 aromatic carbocycles. The Hall–Kier alpha value is -2.21. The standard InChI is InChI=1S/C18H22N4O2/c1-11-9-15-16(12(2)24-11)20-21-17(15)18(23)22(14-6-7-14)10-13-5-3-4-8-19-13/h3-5,8,11-12,14H,6-7,9-10H2,1-2H3,(H,20,21)/t11-,12+/m1/s1. The Bertz CT molecular complexity index is 739. The van der Waals surface area contributed by atoms with E-state index in [2.05, 4.69) is 15.2 Å². The highest BCUT2D eigenvalue weighted by molar-refractivity contribution is 5.94. The largest absolute Gasteiger partial charge is 0.369 e.